The maximum atomic E-state index is 11.8. The van der Waals surface area contributed by atoms with E-state index in [9.17, 15) is 8.78 Å². The van der Waals surface area contributed by atoms with Gasteiger partial charge in [-0.05, 0) is 18.9 Å². The van der Waals surface area contributed by atoms with Crippen LogP contribution in [0.5, 0.6) is 0 Å². The third-order valence-electron chi connectivity index (χ3n) is 2.22. The second-order valence-electron chi connectivity index (χ2n) is 3.34. The molecule has 0 radical (unpaired) electrons. The summed E-state index contributed by atoms with van der Waals surface area (Å²) in [6, 6.07) is 0. The molecule has 1 aliphatic carbocycles. The van der Waals surface area contributed by atoms with Crippen LogP contribution in [0.25, 0.3) is 0 Å². The molecular weight excluding hydrogens is 188 g/mol. The topological polar surface area (TPSA) is 35.2 Å². The molecule has 0 saturated heterocycles. The van der Waals surface area contributed by atoms with E-state index in [4.69, 9.17) is 10.5 Å². The van der Waals surface area contributed by atoms with Gasteiger partial charge in [0.15, 0.2) is 0 Å². The van der Waals surface area contributed by atoms with E-state index in [-0.39, 0.29) is 6.10 Å². The van der Waals surface area contributed by atoms with Crippen LogP contribution in [-0.4, -0.2) is 25.7 Å². The van der Waals surface area contributed by atoms with Crippen molar-refractivity contribution in [2.75, 3.05) is 13.2 Å². The Morgan fingerprint density at radius 1 is 1.64 bits per heavy atom. The van der Waals surface area contributed by atoms with Gasteiger partial charge in [0.25, 0.3) is 6.43 Å². The molecule has 2 nitrogen and oxygen atoms in total. The van der Waals surface area contributed by atoms with Crippen LogP contribution < -0.4 is 5.73 Å². The van der Waals surface area contributed by atoms with Crippen LogP contribution in [0.2, 0.25) is 0 Å². The van der Waals surface area contributed by atoms with Crippen LogP contribution in [0.15, 0.2) is 23.3 Å². The normalized spacial score (nSPS) is 22.2. The molecule has 0 saturated carbocycles. The minimum atomic E-state index is -2.40. The molecule has 0 amide bonds. The number of hydrogen-bond acceptors (Lipinski definition) is 2. The Labute approximate surface area is 82.4 Å². The van der Waals surface area contributed by atoms with Crippen molar-refractivity contribution >= 4 is 0 Å². The number of hydrogen-bond donors (Lipinski definition) is 1. The van der Waals surface area contributed by atoms with Gasteiger partial charge in [0.1, 0.15) is 6.61 Å². The standard InChI is InChI=1S/C10H15F2NO/c1-7-4-9(14-6-10(11)12)3-2-8(7)5-13/h2-3,9-10H,4-6,13H2,1H3. The molecule has 1 unspecified atom stereocenters. The summed E-state index contributed by atoms with van der Waals surface area (Å²) in [5.74, 6) is 0. The summed E-state index contributed by atoms with van der Waals surface area (Å²) >= 11 is 0. The highest BCUT2D eigenvalue weighted by Gasteiger charge is 2.14. The Morgan fingerprint density at radius 2 is 2.36 bits per heavy atom. The molecule has 1 aliphatic rings. The molecule has 80 valence electrons. The maximum absolute atomic E-state index is 11.8. The number of alkyl halides is 2. The number of halogens is 2. The van der Waals surface area contributed by atoms with Crippen molar-refractivity contribution in [1.82, 2.24) is 0 Å². The molecule has 2 N–H and O–H groups in total. The Balaban J connectivity index is 2.42. The molecule has 0 heterocycles. The van der Waals surface area contributed by atoms with Crippen LogP contribution in [-0.2, 0) is 4.74 Å². The lowest BCUT2D eigenvalue weighted by atomic mass is 9.97. The summed E-state index contributed by atoms with van der Waals surface area (Å²) in [4.78, 5) is 0. The van der Waals surface area contributed by atoms with E-state index in [1.54, 1.807) is 6.08 Å². The van der Waals surface area contributed by atoms with Gasteiger partial charge < -0.3 is 10.5 Å². The summed E-state index contributed by atoms with van der Waals surface area (Å²) < 4.78 is 28.7. The van der Waals surface area contributed by atoms with Gasteiger partial charge >= 0.3 is 0 Å². The molecule has 0 aromatic rings. The lowest BCUT2D eigenvalue weighted by Crippen LogP contribution is -2.19. The Kier molecular flexibility index (Phi) is 4.22. The SMILES string of the molecule is CC1=C(CN)C=CC(OCC(F)F)C1. The molecule has 1 rings (SSSR count). The lowest BCUT2D eigenvalue weighted by Gasteiger charge is -2.20. The highest BCUT2D eigenvalue weighted by molar-refractivity contribution is 5.31. The summed E-state index contributed by atoms with van der Waals surface area (Å²) in [7, 11) is 0. The fraction of sp³-hybridized carbons (Fsp3) is 0.600. The minimum Gasteiger partial charge on any atom is -0.368 e. The van der Waals surface area contributed by atoms with Crippen molar-refractivity contribution in [1.29, 1.82) is 0 Å². The molecule has 0 aromatic heterocycles. The number of ether oxygens (including phenoxy) is 1. The Morgan fingerprint density at radius 3 is 2.86 bits per heavy atom. The third kappa shape index (κ3) is 3.20. The number of nitrogens with two attached hydrogens (primary N) is 1. The predicted octanol–water partition coefficient (Wildman–Crippen LogP) is 1.87. The summed E-state index contributed by atoms with van der Waals surface area (Å²) in [5.41, 5.74) is 7.68. The zero-order valence-electron chi connectivity index (χ0n) is 8.17. The first-order valence-corrected chi connectivity index (χ1v) is 4.60. The van der Waals surface area contributed by atoms with E-state index >= 15 is 0 Å². The Bertz CT molecular complexity index is 249. The first-order chi connectivity index (χ1) is 6.63. The first kappa shape index (κ1) is 11.3. The maximum Gasteiger partial charge on any atom is 0.261 e. The lowest BCUT2D eigenvalue weighted by molar-refractivity contribution is -0.00703. The van der Waals surface area contributed by atoms with E-state index in [0.717, 1.165) is 11.1 Å². The number of rotatable bonds is 4. The van der Waals surface area contributed by atoms with Crippen molar-refractivity contribution in [2.45, 2.75) is 25.9 Å². The van der Waals surface area contributed by atoms with E-state index in [0.29, 0.717) is 13.0 Å². The molecular formula is C10H15F2NO. The highest BCUT2D eigenvalue weighted by Crippen LogP contribution is 2.20. The molecule has 0 bridgehead atoms. The van der Waals surface area contributed by atoms with Crippen molar-refractivity contribution in [3.8, 4) is 0 Å². The van der Waals surface area contributed by atoms with E-state index < -0.39 is 13.0 Å². The molecule has 0 fully saturated rings. The molecule has 4 heteroatoms. The van der Waals surface area contributed by atoms with Crippen LogP contribution >= 0.6 is 0 Å². The van der Waals surface area contributed by atoms with Gasteiger partial charge in [-0.3, -0.25) is 0 Å². The summed E-state index contributed by atoms with van der Waals surface area (Å²) in [6.07, 6.45) is 1.69. The molecule has 0 aliphatic heterocycles. The van der Waals surface area contributed by atoms with Crippen LogP contribution in [0.1, 0.15) is 13.3 Å². The first-order valence-electron chi connectivity index (χ1n) is 4.60. The quantitative estimate of drug-likeness (QED) is 0.757. The van der Waals surface area contributed by atoms with Crippen molar-refractivity contribution in [3.05, 3.63) is 23.3 Å². The van der Waals surface area contributed by atoms with Gasteiger partial charge in [-0.2, -0.15) is 0 Å². The second-order valence-corrected chi connectivity index (χ2v) is 3.34. The average molecular weight is 203 g/mol. The van der Waals surface area contributed by atoms with Crippen molar-refractivity contribution < 1.29 is 13.5 Å². The smallest absolute Gasteiger partial charge is 0.261 e. The van der Waals surface area contributed by atoms with E-state index in [1.807, 2.05) is 13.0 Å². The molecule has 0 spiro atoms. The predicted molar refractivity (Wildman–Crippen MR) is 51.3 cm³/mol. The van der Waals surface area contributed by atoms with Gasteiger partial charge in [-0.1, -0.05) is 17.7 Å². The van der Waals surface area contributed by atoms with Gasteiger partial charge in [-0.15, -0.1) is 0 Å². The molecule has 1 atom stereocenters. The van der Waals surface area contributed by atoms with Crippen molar-refractivity contribution in [2.24, 2.45) is 5.73 Å². The third-order valence-corrected chi connectivity index (χ3v) is 2.22. The van der Waals surface area contributed by atoms with E-state index in [2.05, 4.69) is 0 Å². The zero-order chi connectivity index (χ0) is 10.6. The van der Waals surface area contributed by atoms with Gasteiger partial charge in [0.05, 0.1) is 6.10 Å². The van der Waals surface area contributed by atoms with Crippen LogP contribution in [0.3, 0.4) is 0 Å². The second kappa shape index (κ2) is 5.22. The van der Waals surface area contributed by atoms with Crippen LogP contribution in [0.4, 0.5) is 8.78 Å². The summed E-state index contributed by atoms with van der Waals surface area (Å²) in [6.45, 7) is 1.94. The van der Waals surface area contributed by atoms with Gasteiger partial charge in [0.2, 0.25) is 0 Å². The van der Waals surface area contributed by atoms with Gasteiger partial charge in [0, 0.05) is 6.54 Å². The van der Waals surface area contributed by atoms with E-state index in [1.165, 1.54) is 0 Å². The zero-order valence-corrected chi connectivity index (χ0v) is 8.17. The largest absolute Gasteiger partial charge is 0.368 e. The van der Waals surface area contributed by atoms with Crippen LogP contribution in [0, 0.1) is 0 Å². The fourth-order valence-electron chi connectivity index (χ4n) is 1.42. The van der Waals surface area contributed by atoms with Gasteiger partial charge in [-0.25, -0.2) is 8.78 Å². The summed E-state index contributed by atoms with van der Waals surface area (Å²) in [5, 5.41) is 0. The fourth-order valence-corrected chi connectivity index (χ4v) is 1.42. The monoisotopic (exact) mass is 203 g/mol. The molecule has 14 heavy (non-hydrogen) atoms. The Hall–Kier alpha value is -0.740. The highest BCUT2D eigenvalue weighted by atomic mass is 19.3. The average Bonchev–Trinajstić information content (AvgIpc) is 2.15. The molecule has 0 aromatic carbocycles. The van der Waals surface area contributed by atoms with Crippen molar-refractivity contribution in [3.63, 3.8) is 0 Å². The minimum absolute atomic E-state index is 0.223.